The van der Waals surface area contributed by atoms with Gasteiger partial charge >= 0.3 is 0 Å². The molecule has 0 saturated carbocycles. The highest BCUT2D eigenvalue weighted by Crippen LogP contribution is 2.35. The van der Waals surface area contributed by atoms with Crippen LogP contribution in [-0.2, 0) is 11.8 Å². The first-order valence-corrected chi connectivity index (χ1v) is 8.87. The zero-order valence-electron chi connectivity index (χ0n) is 12.1. The van der Waals surface area contributed by atoms with Gasteiger partial charge in [-0.2, -0.15) is 0 Å². The Bertz CT molecular complexity index is 364. The summed E-state index contributed by atoms with van der Waals surface area (Å²) in [6.45, 7) is 13.4. The molecule has 0 aliphatic rings. The van der Waals surface area contributed by atoms with E-state index in [1.807, 2.05) is 0 Å². The second kappa shape index (κ2) is 5.72. The van der Waals surface area contributed by atoms with Crippen LogP contribution in [0.1, 0.15) is 45.2 Å². The van der Waals surface area contributed by atoms with Crippen LogP contribution in [0.2, 0.25) is 13.1 Å². The molecule has 0 spiro atoms. The number of hydrogen-bond donors (Lipinski definition) is 0. The summed E-state index contributed by atoms with van der Waals surface area (Å²) in [6, 6.07) is 6.58. The lowest BCUT2D eigenvalue weighted by Crippen LogP contribution is -2.19. The minimum Gasteiger partial charge on any atom is -0.542 e. The molecule has 0 atom stereocenters. The van der Waals surface area contributed by atoms with E-state index in [0.717, 1.165) is 12.2 Å². The number of hydrogen-bond acceptors (Lipinski definition) is 1. The van der Waals surface area contributed by atoms with Crippen LogP contribution < -0.4 is 4.43 Å². The minimum absolute atomic E-state index is 0.149. The smallest absolute Gasteiger partial charge is 0.274 e. The summed E-state index contributed by atoms with van der Waals surface area (Å²) < 4.78 is 6.16. The van der Waals surface area contributed by atoms with E-state index in [1.54, 1.807) is 0 Å². The number of para-hydroxylation sites is 1. The van der Waals surface area contributed by atoms with Crippen molar-refractivity contribution in [3.8, 4) is 5.75 Å². The molecule has 0 saturated heterocycles. The topological polar surface area (TPSA) is 9.23 Å². The van der Waals surface area contributed by atoms with E-state index in [2.05, 4.69) is 59.0 Å². The summed E-state index contributed by atoms with van der Waals surface area (Å²) in [4.78, 5) is 0. The standard InChI is InChI=1S/C15H25OSi/c1-7-9-12-10-8-11-13(15(2,3)4)14(12)16-17(5)6/h8,10-11H,7,9H2,1-6H3. The average Bonchev–Trinajstić information content (AvgIpc) is 2.18. The fraction of sp³-hybridized carbons (Fsp3) is 0.600. The summed E-state index contributed by atoms with van der Waals surface area (Å²) in [5, 5.41) is 0. The van der Waals surface area contributed by atoms with Crippen molar-refractivity contribution >= 4 is 9.04 Å². The van der Waals surface area contributed by atoms with E-state index >= 15 is 0 Å². The van der Waals surface area contributed by atoms with Gasteiger partial charge in [-0.1, -0.05) is 52.3 Å². The Morgan fingerprint density at radius 1 is 1.18 bits per heavy atom. The third-order valence-electron chi connectivity index (χ3n) is 2.73. The summed E-state index contributed by atoms with van der Waals surface area (Å²) in [6.07, 6.45) is 2.27. The molecule has 0 fully saturated rings. The molecule has 1 aromatic rings. The van der Waals surface area contributed by atoms with Crippen LogP contribution in [-0.4, -0.2) is 9.04 Å². The largest absolute Gasteiger partial charge is 0.542 e. The monoisotopic (exact) mass is 249 g/mol. The van der Waals surface area contributed by atoms with Crippen LogP contribution in [0.5, 0.6) is 5.75 Å². The van der Waals surface area contributed by atoms with Crippen molar-refractivity contribution in [2.45, 2.75) is 59.0 Å². The summed E-state index contributed by atoms with van der Waals surface area (Å²) >= 11 is 0. The van der Waals surface area contributed by atoms with Crippen molar-refractivity contribution < 1.29 is 4.43 Å². The maximum absolute atomic E-state index is 6.16. The Hall–Kier alpha value is -0.763. The molecule has 1 nitrogen and oxygen atoms in total. The van der Waals surface area contributed by atoms with Crippen LogP contribution in [0.25, 0.3) is 0 Å². The fourth-order valence-electron chi connectivity index (χ4n) is 1.97. The van der Waals surface area contributed by atoms with Crippen LogP contribution in [0.3, 0.4) is 0 Å². The Morgan fingerprint density at radius 3 is 2.29 bits per heavy atom. The minimum atomic E-state index is -0.709. The van der Waals surface area contributed by atoms with Gasteiger partial charge in [0, 0.05) is 0 Å². The van der Waals surface area contributed by atoms with Crippen molar-refractivity contribution in [3.05, 3.63) is 29.3 Å². The molecule has 0 bridgehead atoms. The lowest BCUT2D eigenvalue weighted by Gasteiger charge is -2.26. The van der Waals surface area contributed by atoms with E-state index in [9.17, 15) is 0 Å². The zero-order chi connectivity index (χ0) is 13.1. The molecule has 0 aromatic heterocycles. The van der Waals surface area contributed by atoms with Crippen LogP contribution in [0, 0.1) is 0 Å². The second-order valence-electron chi connectivity index (χ2n) is 5.80. The van der Waals surface area contributed by atoms with Gasteiger partial charge in [0.1, 0.15) is 5.75 Å². The maximum atomic E-state index is 6.16. The molecule has 0 amide bonds. The van der Waals surface area contributed by atoms with Crippen molar-refractivity contribution in [1.82, 2.24) is 0 Å². The summed E-state index contributed by atoms with van der Waals surface area (Å²) in [7, 11) is -0.709. The highest BCUT2D eigenvalue weighted by Gasteiger charge is 2.21. The number of aryl methyl sites for hydroxylation is 1. The van der Waals surface area contributed by atoms with Gasteiger partial charge in [0.2, 0.25) is 0 Å². The fourth-order valence-corrected chi connectivity index (χ4v) is 2.62. The highest BCUT2D eigenvalue weighted by molar-refractivity contribution is 6.49. The third kappa shape index (κ3) is 3.88. The van der Waals surface area contributed by atoms with Crippen LogP contribution in [0.15, 0.2) is 18.2 Å². The predicted octanol–water partition coefficient (Wildman–Crippen LogP) is 4.57. The van der Waals surface area contributed by atoms with E-state index in [-0.39, 0.29) is 5.41 Å². The summed E-state index contributed by atoms with van der Waals surface area (Å²) in [5.41, 5.74) is 2.86. The van der Waals surface area contributed by atoms with Crippen molar-refractivity contribution in [3.63, 3.8) is 0 Å². The molecule has 0 aliphatic carbocycles. The molecule has 95 valence electrons. The number of benzene rings is 1. The van der Waals surface area contributed by atoms with Crippen LogP contribution >= 0.6 is 0 Å². The quantitative estimate of drug-likeness (QED) is 0.710. The van der Waals surface area contributed by atoms with E-state index in [1.165, 1.54) is 17.5 Å². The second-order valence-corrected chi connectivity index (χ2v) is 7.82. The molecule has 17 heavy (non-hydrogen) atoms. The zero-order valence-corrected chi connectivity index (χ0v) is 13.1. The lowest BCUT2D eigenvalue weighted by atomic mass is 9.85. The van der Waals surface area contributed by atoms with Gasteiger partial charge < -0.3 is 4.43 Å². The third-order valence-corrected chi connectivity index (χ3v) is 3.34. The Morgan fingerprint density at radius 2 is 1.82 bits per heavy atom. The molecule has 1 aromatic carbocycles. The first-order chi connectivity index (χ1) is 7.86. The Balaban J connectivity index is 3.24. The molecule has 1 radical (unpaired) electrons. The molecule has 0 heterocycles. The Kier molecular flexibility index (Phi) is 4.81. The van der Waals surface area contributed by atoms with E-state index in [0.29, 0.717) is 0 Å². The SMILES string of the molecule is CCCc1cccc(C(C)(C)C)c1O[Si](C)C. The molecule has 0 N–H and O–H groups in total. The van der Waals surface area contributed by atoms with Crippen molar-refractivity contribution in [2.75, 3.05) is 0 Å². The van der Waals surface area contributed by atoms with Gasteiger partial charge in [-0.15, -0.1) is 0 Å². The van der Waals surface area contributed by atoms with Gasteiger partial charge in [0.15, 0.2) is 0 Å². The average molecular weight is 249 g/mol. The molecular formula is C15H25OSi. The molecular weight excluding hydrogens is 224 g/mol. The highest BCUT2D eigenvalue weighted by atomic mass is 28.3. The normalized spacial score (nSPS) is 11.9. The van der Waals surface area contributed by atoms with Gasteiger partial charge in [-0.25, -0.2) is 0 Å². The first-order valence-electron chi connectivity index (χ1n) is 6.46. The van der Waals surface area contributed by atoms with Crippen molar-refractivity contribution in [1.29, 1.82) is 0 Å². The molecule has 1 rings (SSSR count). The predicted molar refractivity (Wildman–Crippen MR) is 77.2 cm³/mol. The van der Waals surface area contributed by atoms with E-state index in [4.69, 9.17) is 4.43 Å². The van der Waals surface area contributed by atoms with Crippen molar-refractivity contribution in [2.24, 2.45) is 0 Å². The van der Waals surface area contributed by atoms with Gasteiger partial charge in [0.25, 0.3) is 9.04 Å². The van der Waals surface area contributed by atoms with Gasteiger partial charge in [-0.05, 0) is 36.1 Å². The molecule has 0 aliphatic heterocycles. The first kappa shape index (κ1) is 14.3. The van der Waals surface area contributed by atoms with E-state index < -0.39 is 9.04 Å². The lowest BCUT2D eigenvalue weighted by molar-refractivity contribution is 0.513. The molecule has 0 unspecified atom stereocenters. The number of rotatable bonds is 4. The molecule has 2 heteroatoms. The van der Waals surface area contributed by atoms with Gasteiger partial charge in [-0.3, -0.25) is 0 Å². The van der Waals surface area contributed by atoms with Crippen LogP contribution in [0.4, 0.5) is 0 Å². The summed E-state index contributed by atoms with van der Waals surface area (Å²) in [5.74, 6) is 1.15. The maximum Gasteiger partial charge on any atom is 0.274 e. The van der Waals surface area contributed by atoms with Gasteiger partial charge in [0.05, 0.1) is 0 Å². The Labute approximate surface area is 108 Å².